The summed E-state index contributed by atoms with van der Waals surface area (Å²) >= 11 is 0. The molecule has 8 fully saturated rings. The lowest BCUT2D eigenvalue weighted by Gasteiger charge is -2.30. The molecule has 22 heteroatoms. The summed E-state index contributed by atoms with van der Waals surface area (Å²) in [6.45, 7) is 0.883. The van der Waals surface area contributed by atoms with E-state index in [9.17, 15) is 51.9 Å². The minimum absolute atomic E-state index is 0. The summed E-state index contributed by atoms with van der Waals surface area (Å²) in [4.78, 5) is 102. The number of aliphatic carboxylic acids is 1. The Bertz CT molecular complexity index is 3120. The summed E-state index contributed by atoms with van der Waals surface area (Å²) in [6, 6.07) is 21.4. The number of cyclic esters (lactones) is 2. The number of amides is 1. The number of hydrogen-bond donors (Lipinski definition) is 4. The van der Waals surface area contributed by atoms with Crippen molar-refractivity contribution in [3.63, 3.8) is 0 Å². The molecule has 3 aromatic carbocycles. The Hall–Kier alpha value is -7.62. The van der Waals surface area contributed by atoms with Gasteiger partial charge in [-0.25, -0.2) is 13.6 Å². The number of carboxylic acid groups (broad SMARTS) is 1. The van der Waals surface area contributed by atoms with Crippen molar-refractivity contribution in [1.82, 2.24) is 10.6 Å². The van der Waals surface area contributed by atoms with Crippen LogP contribution >= 0.6 is 12.4 Å². The number of hydrogen-bond acceptors (Lipinski definition) is 17. The van der Waals surface area contributed by atoms with E-state index in [2.05, 4.69) is 26.2 Å². The topological polar surface area (TPSA) is 279 Å². The lowest BCUT2D eigenvalue weighted by molar-refractivity contribution is -0.156. The molecule has 10 unspecified atom stereocenters. The molecule has 1 heterocycles. The van der Waals surface area contributed by atoms with Crippen LogP contribution in [-0.2, 0) is 75.1 Å². The number of carboxylic acids is 1. The van der Waals surface area contributed by atoms with Crippen LogP contribution in [0.25, 0.3) is 0 Å². The lowest BCUT2D eigenvalue weighted by Crippen LogP contribution is -2.46. The van der Waals surface area contributed by atoms with E-state index in [0.29, 0.717) is 42.1 Å². The zero-order chi connectivity index (χ0) is 63.6. The number of methoxy groups -OCH3 is 4. The minimum atomic E-state index is -0.891. The van der Waals surface area contributed by atoms with Crippen molar-refractivity contribution in [2.24, 2.45) is 106 Å². The van der Waals surface area contributed by atoms with Crippen LogP contribution in [0.2, 0.25) is 0 Å². The maximum absolute atomic E-state index is 12.9. The molecule has 1 amide bonds. The summed E-state index contributed by atoms with van der Waals surface area (Å²) < 4.78 is 54.0. The van der Waals surface area contributed by atoms with Gasteiger partial charge in [-0.3, -0.25) is 38.4 Å². The van der Waals surface area contributed by atoms with E-state index in [1.807, 2.05) is 60.7 Å². The van der Waals surface area contributed by atoms with Crippen LogP contribution in [0.15, 0.2) is 115 Å². The van der Waals surface area contributed by atoms with Crippen LogP contribution in [0, 0.1) is 112 Å². The molecular weight excluding hydrogens is 1190 g/mol. The number of nitrogens with two attached hydrogens (primary N) is 1. The summed E-state index contributed by atoms with van der Waals surface area (Å²) in [5, 5.41) is 15.3. The number of rotatable bonds is 12. The van der Waals surface area contributed by atoms with Crippen molar-refractivity contribution < 1.29 is 85.5 Å². The van der Waals surface area contributed by atoms with Gasteiger partial charge in [0.15, 0.2) is 0 Å². The molecule has 0 radical (unpaired) electrons. The predicted molar refractivity (Wildman–Crippen MR) is 323 cm³/mol. The highest BCUT2D eigenvalue weighted by atomic mass is 35.5. The number of esters is 6. The first-order chi connectivity index (χ1) is 42.9. The molecule has 14 rings (SSSR count). The lowest BCUT2D eigenvalue weighted by atomic mass is 9.83. The number of aldehydes is 1. The van der Waals surface area contributed by atoms with Crippen molar-refractivity contribution in [2.45, 2.75) is 89.1 Å². The number of allylic oxidation sites excluding steroid dienone is 5. The van der Waals surface area contributed by atoms with E-state index in [-0.39, 0.29) is 144 Å². The number of alkyl carbamates (subject to hydrolysis) is 1. The fourth-order valence-corrected chi connectivity index (χ4v) is 16.0. The first-order valence-electron chi connectivity index (χ1n) is 30.6. The maximum Gasteiger partial charge on any atom is 0.407 e. The van der Waals surface area contributed by atoms with Crippen LogP contribution < -0.4 is 16.4 Å². The van der Waals surface area contributed by atoms with Crippen LogP contribution in [0.1, 0.15) is 79.3 Å². The van der Waals surface area contributed by atoms with Gasteiger partial charge in [-0.05, 0) is 164 Å². The van der Waals surface area contributed by atoms with Gasteiger partial charge in [-0.2, -0.15) is 0 Å². The van der Waals surface area contributed by atoms with Gasteiger partial charge < -0.3 is 49.9 Å². The molecule has 11 aliphatic rings. The van der Waals surface area contributed by atoms with E-state index in [1.165, 1.54) is 77.7 Å². The van der Waals surface area contributed by atoms with Gasteiger partial charge in [0.05, 0.1) is 75.9 Å². The molecule has 1 aliphatic heterocycles. The molecule has 3 aromatic rings. The van der Waals surface area contributed by atoms with E-state index < -0.39 is 29.9 Å². The Balaban J connectivity index is 0.000000142. The first-order valence-corrected chi connectivity index (χ1v) is 30.6. The Morgan fingerprint density at radius 3 is 1.56 bits per heavy atom. The van der Waals surface area contributed by atoms with Crippen LogP contribution in [0.5, 0.6) is 0 Å². The van der Waals surface area contributed by atoms with E-state index >= 15 is 0 Å². The van der Waals surface area contributed by atoms with E-state index in [4.69, 9.17) is 29.8 Å². The first kappa shape index (κ1) is 68.3. The summed E-state index contributed by atoms with van der Waals surface area (Å²) in [7, 11) is 5.59. The van der Waals surface area contributed by atoms with Crippen LogP contribution in [0.3, 0.4) is 0 Å². The molecule has 484 valence electrons. The van der Waals surface area contributed by atoms with Crippen molar-refractivity contribution in [3.05, 3.63) is 144 Å². The molecule has 0 aromatic heterocycles. The van der Waals surface area contributed by atoms with Gasteiger partial charge in [0.25, 0.3) is 0 Å². The van der Waals surface area contributed by atoms with Gasteiger partial charge in [-0.1, -0.05) is 78.9 Å². The quantitative estimate of drug-likeness (QED) is 0.0434. The number of fused-ring (bicyclic) bond motifs is 13. The third-order valence-electron chi connectivity index (χ3n) is 20.2. The Morgan fingerprint density at radius 1 is 0.544 bits per heavy atom. The van der Waals surface area contributed by atoms with Crippen molar-refractivity contribution in [2.75, 3.05) is 28.4 Å². The fraction of sp³-hybridized carbons (Fsp3) is 0.515. The number of carbonyl (C=O) groups is 9. The van der Waals surface area contributed by atoms with Gasteiger partial charge in [0.2, 0.25) is 0 Å². The summed E-state index contributed by atoms with van der Waals surface area (Å²) in [5.74, 6) is -1.49. The number of ether oxygens (including phenoxy) is 6. The average Bonchev–Trinajstić information content (AvgIpc) is 1.66. The largest absolute Gasteiger partial charge is 0.481 e. The predicted octanol–water partition coefficient (Wildman–Crippen LogP) is 8.56. The summed E-state index contributed by atoms with van der Waals surface area (Å²) in [5.41, 5.74) is 8.40. The molecule has 5 N–H and O–H groups in total. The second kappa shape index (κ2) is 30.9. The Kier molecular flexibility index (Phi) is 23.5. The molecule has 7 saturated carbocycles. The SMILES string of the molecule is COC(=O)C1C(C(=O)O)[C@@H]2C=C[C@H]1C2.COC(=O)C1C(N)[C@@H]2CC[C@H]1C2.COC(=O)C1C(NC(=O)OCc2ccccc2)[C@@H]2C=C[C@H]1C2.COC(=O)C1C(NCc2ccc(F)cc2)[C@@H]2CC[C@H]1C2.Cl.O=C1OC(=O)C2C1[C@@H]1C=C[C@H]2C1.O=Cc1ccc(F)cc1. The van der Waals surface area contributed by atoms with Gasteiger partial charge in [-0.15, -0.1) is 12.4 Å². The highest BCUT2D eigenvalue weighted by Crippen LogP contribution is 2.53. The second-order valence-electron chi connectivity index (χ2n) is 24.9. The van der Waals surface area contributed by atoms with Crippen molar-refractivity contribution >= 4 is 66.6 Å². The molecule has 90 heavy (non-hydrogen) atoms. The Labute approximate surface area is 528 Å². The highest BCUT2D eigenvalue weighted by Gasteiger charge is 2.58. The average molecular weight is 1270 g/mol. The number of halogens is 3. The Morgan fingerprint density at radius 2 is 1.00 bits per heavy atom. The monoisotopic (exact) mass is 1270 g/mol. The van der Waals surface area contributed by atoms with Gasteiger partial charge >= 0.3 is 47.9 Å². The maximum atomic E-state index is 12.9. The molecule has 1 saturated heterocycles. The van der Waals surface area contributed by atoms with Crippen LogP contribution in [-0.4, -0.2) is 106 Å². The summed E-state index contributed by atoms with van der Waals surface area (Å²) in [6.07, 6.45) is 21.8. The van der Waals surface area contributed by atoms with Crippen molar-refractivity contribution in [1.29, 1.82) is 0 Å². The van der Waals surface area contributed by atoms with Gasteiger partial charge in [0, 0.05) is 24.2 Å². The third kappa shape index (κ3) is 15.4. The normalized spacial score (nSPS) is 33.3. The molecule has 19 nitrogen and oxygen atoms in total. The molecule has 10 aliphatic carbocycles. The molecule has 10 bridgehead atoms. The zero-order valence-corrected chi connectivity index (χ0v) is 51.5. The van der Waals surface area contributed by atoms with E-state index in [0.717, 1.165) is 56.1 Å². The number of nitrogens with one attached hydrogen (secondary N) is 2. The molecular formula is C68H80ClF2N3O16. The standard InChI is InChI=1S/C17H19NO4.C16H20FNO2.C10H12O4.C9H15NO2.C9H8O3.C7H5FO.ClH/c1-21-16(19)14-12-7-8-13(9-12)15(14)18-17(20)22-10-11-5-3-2-4-6-11;1-20-16(19)14-11-4-5-12(8-11)15(14)18-9-10-2-6-13(17)7-3-10;1-14-10(13)8-6-3-2-5(4-6)7(8)9(11)12;1-12-9(11)7-5-2-3-6(4-5)8(7)10;10-8-6-4-1-2-5(3-4)7(6)9(11)12-8;8-7-3-1-6(5-9)2-4-7;/h2-8,12-15H,9-10H2,1H3,(H,18,20);2-3,6-7,11-12,14-15,18H,4-5,8-9H2,1H3;2-3,5-8H,4H2,1H3,(H,11,12);5-8H,2-4,10H2,1H3;1-2,4-7H,3H2;1-5H;1H/t12-,13+,14?,15?;11-,12+,14?,15?;2*5-,6+,7?,8?;4-,5+,6?,7?;;/m0010.../s1. The van der Waals surface area contributed by atoms with E-state index in [1.54, 1.807) is 12.1 Å². The van der Waals surface area contributed by atoms with Crippen molar-refractivity contribution in [3.8, 4) is 0 Å². The molecule has 20 atom stereocenters. The minimum Gasteiger partial charge on any atom is -0.481 e. The van der Waals surface area contributed by atoms with Gasteiger partial charge in [0.1, 0.15) is 24.5 Å². The third-order valence-corrected chi connectivity index (χ3v) is 20.2. The highest BCUT2D eigenvalue weighted by molar-refractivity contribution is 5.98. The number of carbonyl (C=O) groups excluding carboxylic acids is 8. The smallest absolute Gasteiger partial charge is 0.407 e. The van der Waals surface area contributed by atoms with Crippen LogP contribution in [0.4, 0.5) is 13.6 Å². The number of benzene rings is 3. The fourth-order valence-electron chi connectivity index (χ4n) is 16.0. The second-order valence-corrected chi connectivity index (χ2v) is 24.9. The molecule has 0 spiro atoms. The zero-order valence-electron chi connectivity index (χ0n) is 50.7.